The second-order valence-electron chi connectivity index (χ2n) is 13.4. The molecule has 4 saturated carbocycles. The first-order valence-electron chi connectivity index (χ1n) is 16.2. The molecule has 0 aliphatic heterocycles. The molecule has 0 N–H and O–H groups in total. The van der Waals surface area contributed by atoms with Crippen LogP contribution in [0.2, 0.25) is 15.1 Å². The van der Waals surface area contributed by atoms with Crippen molar-refractivity contribution in [2.45, 2.75) is 96.8 Å². The molecule has 7 rings (SSSR count). The SMILES string of the molecule is Cc1c(CCC(=O)CCCCCCCC2C3CC4CC(C3)CC2C4)nn(-c2ccc(Cl)cc2Cl)c1-c1ccc(Cl)cc1. The summed E-state index contributed by atoms with van der Waals surface area (Å²) in [6.45, 7) is 2.07. The smallest absolute Gasteiger partial charge is 0.133 e. The van der Waals surface area contributed by atoms with Crippen LogP contribution in [0.4, 0.5) is 0 Å². The lowest BCUT2D eigenvalue weighted by molar-refractivity contribution is -0.119. The van der Waals surface area contributed by atoms with Gasteiger partial charge in [-0.1, -0.05) is 72.6 Å². The van der Waals surface area contributed by atoms with Crippen LogP contribution in [0.3, 0.4) is 0 Å². The van der Waals surface area contributed by atoms with E-state index >= 15 is 0 Å². The Bertz CT molecular complexity index is 1370. The Kier molecular flexibility index (Phi) is 9.68. The van der Waals surface area contributed by atoms with Crippen LogP contribution >= 0.6 is 34.8 Å². The maximum absolute atomic E-state index is 12.8. The fourth-order valence-electron chi connectivity index (χ4n) is 8.68. The number of Topliss-reactive ketones (excluding diaryl/α,β-unsaturated/α-hetero) is 1. The van der Waals surface area contributed by atoms with Crippen LogP contribution < -0.4 is 0 Å². The first kappa shape index (κ1) is 30.2. The number of unbranched alkanes of at least 4 members (excludes halogenated alkanes) is 4. The monoisotopic (exact) mass is 624 g/mol. The molecule has 3 nitrogen and oxygen atoms in total. The number of aromatic nitrogens is 2. The predicted octanol–water partition coefficient (Wildman–Crippen LogP) is 11.1. The number of carbonyl (C=O) groups excluding carboxylic acids is 1. The van der Waals surface area contributed by atoms with E-state index in [9.17, 15) is 4.79 Å². The van der Waals surface area contributed by atoms with Gasteiger partial charge in [-0.3, -0.25) is 4.79 Å². The van der Waals surface area contributed by atoms with E-state index in [4.69, 9.17) is 39.9 Å². The number of hydrogen-bond donors (Lipinski definition) is 0. The van der Waals surface area contributed by atoms with Gasteiger partial charge in [0.2, 0.25) is 0 Å². The quantitative estimate of drug-likeness (QED) is 0.177. The molecule has 0 spiro atoms. The minimum atomic E-state index is 0.329. The molecule has 4 bridgehead atoms. The van der Waals surface area contributed by atoms with E-state index in [2.05, 4.69) is 6.92 Å². The van der Waals surface area contributed by atoms with Gasteiger partial charge in [0.25, 0.3) is 0 Å². The summed E-state index contributed by atoms with van der Waals surface area (Å²) in [6, 6.07) is 13.2. The van der Waals surface area contributed by atoms with Crippen molar-refractivity contribution in [1.82, 2.24) is 9.78 Å². The predicted molar refractivity (Wildman–Crippen MR) is 175 cm³/mol. The fraction of sp³-hybridized carbons (Fsp3) is 0.556. The van der Waals surface area contributed by atoms with E-state index in [1.807, 2.05) is 41.1 Å². The largest absolute Gasteiger partial charge is 0.300 e. The van der Waals surface area contributed by atoms with Gasteiger partial charge < -0.3 is 0 Å². The Labute approximate surface area is 266 Å². The van der Waals surface area contributed by atoms with Crippen LogP contribution in [0.1, 0.15) is 94.7 Å². The Morgan fingerprint density at radius 3 is 2.14 bits per heavy atom. The average Bonchev–Trinajstić information content (AvgIpc) is 3.28. The molecule has 2 aromatic carbocycles. The lowest BCUT2D eigenvalue weighted by Gasteiger charge is -2.54. The highest BCUT2D eigenvalue weighted by molar-refractivity contribution is 6.35. The van der Waals surface area contributed by atoms with Gasteiger partial charge in [-0.2, -0.15) is 5.10 Å². The molecule has 0 amide bonds. The molecule has 0 unspecified atom stereocenters. The summed E-state index contributed by atoms with van der Waals surface area (Å²) >= 11 is 18.9. The number of rotatable bonds is 13. The van der Waals surface area contributed by atoms with E-state index in [-0.39, 0.29) is 0 Å². The molecular formula is C36H43Cl3N2O. The van der Waals surface area contributed by atoms with Crippen molar-refractivity contribution in [1.29, 1.82) is 0 Å². The van der Waals surface area contributed by atoms with Gasteiger partial charge in [0.15, 0.2) is 0 Å². The summed E-state index contributed by atoms with van der Waals surface area (Å²) < 4.78 is 1.88. The normalized spacial score (nSPS) is 24.4. The molecule has 4 aliphatic rings. The van der Waals surface area contributed by atoms with Crippen molar-refractivity contribution >= 4 is 40.6 Å². The van der Waals surface area contributed by atoms with E-state index in [0.29, 0.717) is 40.1 Å². The van der Waals surface area contributed by atoms with E-state index < -0.39 is 0 Å². The van der Waals surface area contributed by atoms with Gasteiger partial charge in [-0.15, -0.1) is 0 Å². The summed E-state index contributed by atoms with van der Waals surface area (Å²) in [6.07, 6.45) is 17.1. The number of aryl methyl sites for hydroxylation is 1. The fourth-order valence-corrected chi connectivity index (χ4v) is 9.29. The van der Waals surface area contributed by atoms with Gasteiger partial charge in [0.1, 0.15) is 5.78 Å². The van der Waals surface area contributed by atoms with E-state index in [1.54, 1.807) is 12.5 Å². The molecule has 0 radical (unpaired) electrons. The number of halogens is 3. The van der Waals surface area contributed by atoms with E-state index in [0.717, 1.165) is 70.6 Å². The number of carbonyl (C=O) groups is 1. The second kappa shape index (κ2) is 13.4. The maximum Gasteiger partial charge on any atom is 0.133 e. The van der Waals surface area contributed by atoms with Crippen LogP contribution in [0.25, 0.3) is 16.9 Å². The van der Waals surface area contributed by atoms with Gasteiger partial charge in [0.05, 0.1) is 22.1 Å². The van der Waals surface area contributed by atoms with Crippen LogP contribution in [-0.4, -0.2) is 15.6 Å². The van der Waals surface area contributed by atoms with Crippen LogP contribution in [0, 0.1) is 36.5 Å². The third-order valence-electron chi connectivity index (χ3n) is 10.5. The number of benzene rings is 2. The molecule has 6 heteroatoms. The number of nitrogens with zero attached hydrogens (tertiary/aromatic N) is 2. The highest BCUT2D eigenvalue weighted by atomic mass is 35.5. The van der Waals surface area contributed by atoms with Crippen molar-refractivity contribution < 1.29 is 4.79 Å². The zero-order valence-electron chi connectivity index (χ0n) is 24.8. The van der Waals surface area contributed by atoms with Crippen molar-refractivity contribution in [3.8, 4) is 16.9 Å². The Balaban J connectivity index is 0.980. The van der Waals surface area contributed by atoms with Crippen molar-refractivity contribution in [3.05, 3.63) is 68.8 Å². The summed E-state index contributed by atoms with van der Waals surface area (Å²) in [5, 5.41) is 6.73. The second-order valence-corrected chi connectivity index (χ2v) is 14.7. The highest BCUT2D eigenvalue weighted by Crippen LogP contribution is 2.57. The molecule has 1 heterocycles. The molecule has 3 aromatic rings. The third kappa shape index (κ3) is 6.79. The third-order valence-corrected chi connectivity index (χ3v) is 11.3. The first-order valence-corrected chi connectivity index (χ1v) is 17.3. The first-order chi connectivity index (χ1) is 20.4. The van der Waals surface area contributed by atoms with Crippen molar-refractivity contribution in [2.24, 2.45) is 29.6 Å². The molecule has 224 valence electrons. The van der Waals surface area contributed by atoms with Gasteiger partial charge in [-0.05, 0) is 124 Å². The van der Waals surface area contributed by atoms with Gasteiger partial charge >= 0.3 is 0 Å². The summed E-state index contributed by atoms with van der Waals surface area (Å²) in [4.78, 5) is 12.8. The van der Waals surface area contributed by atoms with Crippen LogP contribution in [-0.2, 0) is 11.2 Å². The van der Waals surface area contributed by atoms with E-state index in [1.165, 1.54) is 51.4 Å². The lowest BCUT2D eigenvalue weighted by atomic mass is 9.51. The topological polar surface area (TPSA) is 34.9 Å². The standard InChI is InChI=1S/C36H43Cl3N2O/c1-23-34(40-41(35-16-13-30(38)22-33(35)39)36(23)26-9-11-29(37)12-10-26)15-14-31(42)7-5-3-2-4-6-8-32-27-18-24-17-25(20-27)21-28(32)19-24/h9-13,16,22,24-25,27-28,32H,2-8,14-15,17-21H2,1H3. The van der Waals surface area contributed by atoms with Gasteiger partial charge in [0, 0.05) is 28.5 Å². The molecule has 4 fully saturated rings. The molecule has 1 aromatic heterocycles. The van der Waals surface area contributed by atoms with Crippen LogP contribution in [0.15, 0.2) is 42.5 Å². The number of hydrogen-bond acceptors (Lipinski definition) is 2. The molecule has 0 atom stereocenters. The lowest BCUT2D eigenvalue weighted by Crippen LogP contribution is -2.44. The molecule has 42 heavy (non-hydrogen) atoms. The zero-order chi connectivity index (χ0) is 29.2. The maximum atomic E-state index is 12.8. The molecule has 0 saturated heterocycles. The van der Waals surface area contributed by atoms with Crippen LogP contribution in [0.5, 0.6) is 0 Å². The number of ketones is 1. The van der Waals surface area contributed by atoms with Gasteiger partial charge in [-0.25, -0.2) is 4.68 Å². The Hall–Kier alpha value is -1.81. The Morgan fingerprint density at radius 2 is 1.45 bits per heavy atom. The summed E-state index contributed by atoms with van der Waals surface area (Å²) in [5.41, 5.74) is 4.68. The van der Waals surface area contributed by atoms with Crippen molar-refractivity contribution in [2.75, 3.05) is 0 Å². The molecular weight excluding hydrogens is 583 g/mol. The summed E-state index contributed by atoms with van der Waals surface area (Å²) in [7, 11) is 0. The average molecular weight is 626 g/mol. The summed E-state index contributed by atoms with van der Waals surface area (Å²) in [5.74, 6) is 5.62. The Morgan fingerprint density at radius 1 is 0.810 bits per heavy atom. The minimum Gasteiger partial charge on any atom is -0.300 e. The highest BCUT2D eigenvalue weighted by Gasteiger charge is 2.47. The zero-order valence-corrected chi connectivity index (χ0v) is 27.0. The van der Waals surface area contributed by atoms with Crippen molar-refractivity contribution in [3.63, 3.8) is 0 Å². The molecule has 4 aliphatic carbocycles. The minimum absolute atomic E-state index is 0.329.